The molecule has 0 saturated carbocycles. The lowest BCUT2D eigenvalue weighted by atomic mass is 9.94. The van der Waals surface area contributed by atoms with E-state index in [1.54, 1.807) is 12.0 Å². The first-order valence-electron chi connectivity index (χ1n) is 13.8. The fourth-order valence-electron chi connectivity index (χ4n) is 4.74. The summed E-state index contributed by atoms with van der Waals surface area (Å²) in [5, 5.41) is 21.3. The molecule has 39 heavy (non-hydrogen) atoms. The standard InChI is InChI=1S/C30H44N4O5/c1-20(39-5)17-31-18-24(35)19-32-27(36)25(16-21-12-13-22-9-6-7-10-23(22)15-21)33-28(37)26-11-8-14-34(26)29(38)30(2,3)4/h6-7,9-10,12-13,15,20,24-26,31,35H,8,11,14,16-19H2,1-5H3,(H,32,36)(H,33,37)/t20-,24?,25-,26+/m1/s1. The van der Waals surface area contributed by atoms with E-state index in [1.165, 1.54) is 0 Å². The van der Waals surface area contributed by atoms with Gasteiger partial charge in [-0.1, -0.05) is 63.2 Å². The molecule has 9 nitrogen and oxygen atoms in total. The molecule has 3 amide bonds. The van der Waals surface area contributed by atoms with Crippen molar-refractivity contribution in [2.45, 2.75) is 71.2 Å². The maximum absolute atomic E-state index is 13.4. The second-order valence-electron chi connectivity index (χ2n) is 11.5. The summed E-state index contributed by atoms with van der Waals surface area (Å²) in [6, 6.07) is 12.5. The zero-order valence-electron chi connectivity index (χ0n) is 23.8. The highest BCUT2D eigenvalue weighted by molar-refractivity contribution is 5.93. The number of benzene rings is 2. The van der Waals surface area contributed by atoms with E-state index in [4.69, 9.17) is 4.74 Å². The van der Waals surface area contributed by atoms with Gasteiger partial charge in [-0.05, 0) is 36.1 Å². The van der Waals surface area contributed by atoms with E-state index in [0.717, 1.165) is 22.8 Å². The van der Waals surface area contributed by atoms with Gasteiger partial charge in [-0.25, -0.2) is 0 Å². The highest BCUT2D eigenvalue weighted by Crippen LogP contribution is 2.26. The molecular formula is C30H44N4O5. The van der Waals surface area contributed by atoms with Gasteiger partial charge < -0.3 is 30.7 Å². The van der Waals surface area contributed by atoms with E-state index in [9.17, 15) is 19.5 Å². The summed E-state index contributed by atoms with van der Waals surface area (Å²) in [5.41, 5.74) is 0.301. The zero-order chi connectivity index (χ0) is 28.6. The smallest absolute Gasteiger partial charge is 0.243 e. The van der Waals surface area contributed by atoms with Crippen LogP contribution in [0.25, 0.3) is 10.8 Å². The molecule has 0 radical (unpaired) electrons. The second kappa shape index (κ2) is 13.9. The van der Waals surface area contributed by atoms with Gasteiger partial charge in [-0.2, -0.15) is 0 Å². The van der Waals surface area contributed by atoms with Gasteiger partial charge in [-0.3, -0.25) is 14.4 Å². The van der Waals surface area contributed by atoms with Crippen LogP contribution in [0.5, 0.6) is 0 Å². The molecule has 4 atom stereocenters. The van der Waals surface area contributed by atoms with E-state index in [0.29, 0.717) is 26.1 Å². The molecule has 3 rings (SSSR count). The number of amides is 3. The third kappa shape index (κ3) is 8.74. The molecule has 9 heteroatoms. The number of carbonyl (C=O) groups excluding carboxylic acids is 3. The molecule has 4 N–H and O–H groups in total. The number of nitrogens with zero attached hydrogens (tertiary/aromatic N) is 1. The van der Waals surface area contributed by atoms with Gasteiger partial charge >= 0.3 is 0 Å². The molecule has 1 fully saturated rings. The summed E-state index contributed by atoms with van der Waals surface area (Å²) >= 11 is 0. The Morgan fingerprint density at radius 1 is 1.08 bits per heavy atom. The van der Waals surface area contributed by atoms with Gasteiger partial charge in [0.25, 0.3) is 0 Å². The molecule has 2 aromatic carbocycles. The minimum absolute atomic E-state index is 0.00801. The number of aliphatic hydroxyl groups excluding tert-OH is 1. The van der Waals surface area contributed by atoms with Crippen molar-refractivity contribution in [2.75, 3.05) is 33.3 Å². The van der Waals surface area contributed by atoms with E-state index < -0.39 is 23.6 Å². The van der Waals surface area contributed by atoms with Crippen molar-refractivity contribution in [3.63, 3.8) is 0 Å². The molecule has 1 unspecified atom stereocenters. The minimum atomic E-state index is -0.862. The van der Waals surface area contributed by atoms with Crippen LogP contribution in [0.4, 0.5) is 0 Å². The minimum Gasteiger partial charge on any atom is -0.390 e. The van der Waals surface area contributed by atoms with Gasteiger partial charge in [0, 0.05) is 45.1 Å². The van der Waals surface area contributed by atoms with E-state index >= 15 is 0 Å². The quantitative estimate of drug-likeness (QED) is 0.327. The summed E-state index contributed by atoms with van der Waals surface area (Å²) in [6.07, 6.45) is 0.783. The second-order valence-corrected chi connectivity index (χ2v) is 11.5. The maximum Gasteiger partial charge on any atom is 0.243 e. The van der Waals surface area contributed by atoms with Crippen molar-refractivity contribution in [3.8, 4) is 0 Å². The fourth-order valence-corrected chi connectivity index (χ4v) is 4.74. The summed E-state index contributed by atoms with van der Waals surface area (Å²) in [4.78, 5) is 41.3. The number of hydrogen-bond donors (Lipinski definition) is 4. The molecule has 1 aliphatic heterocycles. The monoisotopic (exact) mass is 540 g/mol. The summed E-state index contributed by atoms with van der Waals surface area (Å²) < 4.78 is 5.19. The lowest BCUT2D eigenvalue weighted by Crippen LogP contribution is -2.55. The fraction of sp³-hybridized carbons (Fsp3) is 0.567. The summed E-state index contributed by atoms with van der Waals surface area (Å²) in [7, 11) is 1.62. The van der Waals surface area contributed by atoms with Gasteiger partial charge in [0.2, 0.25) is 17.7 Å². The Morgan fingerprint density at radius 2 is 1.79 bits per heavy atom. The maximum atomic E-state index is 13.4. The number of methoxy groups -OCH3 is 1. The Bertz CT molecular complexity index is 1130. The highest BCUT2D eigenvalue weighted by atomic mass is 16.5. The Hall–Kier alpha value is -3.01. The van der Waals surface area contributed by atoms with E-state index in [2.05, 4.69) is 16.0 Å². The van der Waals surface area contributed by atoms with Gasteiger partial charge in [-0.15, -0.1) is 0 Å². The third-order valence-corrected chi connectivity index (χ3v) is 7.07. The Kier molecular flexibility index (Phi) is 10.9. The number of likely N-dealkylation sites (tertiary alicyclic amines) is 1. The molecule has 0 aromatic heterocycles. The number of nitrogens with one attached hydrogen (secondary N) is 3. The van der Waals surface area contributed by atoms with Crippen LogP contribution >= 0.6 is 0 Å². The van der Waals surface area contributed by atoms with Gasteiger partial charge in [0.1, 0.15) is 12.1 Å². The van der Waals surface area contributed by atoms with E-state index in [1.807, 2.05) is 70.2 Å². The van der Waals surface area contributed by atoms with Crippen molar-refractivity contribution in [2.24, 2.45) is 5.41 Å². The lowest BCUT2D eigenvalue weighted by Gasteiger charge is -2.31. The SMILES string of the molecule is CO[C@H](C)CNCC(O)CNC(=O)[C@@H](Cc1ccc2ccccc2c1)NC(=O)[C@@H]1CCCN1C(=O)C(C)(C)C. The molecule has 0 spiro atoms. The number of ether oxygens (including phenoxy) is 1. The van der Waals surface area contributed by atoms with Crippen LogP contribution in [-0.2, 0) is 25.5 Å². The Balaban J connectivity index is 1.71. The molecule has 1 saturated heterocycles. The van der Waals surface area contributed by atoms with Crippen LogP contribution in [0.1, 0.15) is 46.1 Å². The summed E-state index contributed by atoms with van der Waals surface area (Å²) in [5.74, 6) is -0.789. The first-order chi connectivity index (χ1) is 18.5. The van der Waals surface area contributed by atoms with Crippen LogP contribution in [-0.4, -0.2) is 85.3 Å². The molecule has 0 bridgehead atoms. The topological polar surface area (TPSA) is 120 Å². The molecular weight excluding hydrogens is 496 g/mol. The first kappa shape index (κ1) is 30.5. The number of carbonyl (C=O) groups is 3. The van der Waals surface area contributed by atoms with Crippen LogP contribution in [0.2, 0.25) is 0 Å². The average Bonchev–Trinajstić information content (AvgIpc) is 3.40. The van der Waals surface area contributed by atoms with Crippen LogP contribution in [0, 0.1) is 5.41 Å². The van der Waals surface area contributed by atoms with Gasteiger partial charge in [0.15, 0.2) is 0 Å². The zero-order valence-corrected chi connectivity index (χ0v) is 23.8. The van der Waals surface area contributed by atoms with Gasteiger partial charge in [0.05, 0.1) is 12.2 Å². The van der Waals surface area contributed by atoms with Crippen LogP contribution < -0.4 is 16.0 Å². The Labute approximate surface area is 231 Å². The van der Waals surface area contributed by atoms with Crippen molar-refractivity contribution in [1.29, 1.82) is 0 Å². The predicted molar refractivity (Wildman–Crippen MR) is 152 cm³/mol. The largest absolute Gasteiger partial charge is 0.390 e. The van der Waals surface area contributed by atoms with Crippen molar-refractivity contribution in [3.05, 3.63) is 48.0 Å². The highest BCUT2D eigenvalue weighted by Gasteiger charge is 2.39. The van der Waals surface area contributed by atoms with Crippen LogP contribution in [0.3, 0.4) is 0 Å². The third-order valence-electron chi connectivity index (χ3n) is 7.07. The molecule has 1 aliphatic rings. The molecule has 1 heterocycles. The van der Waals surface area contributed by atoms with E-state index in [-0.39, 0.29) is 36.8 Å². The number of fused-ring (bicyclic) bond motifs is 1. The molecule has 0 aliphatic carbocycles. The predicted octanol–water partition coefficient (Wildman–Crippen LogP) is 2.01. The van der Waals surface area contributed by atoms with Crippen LogP contribution in [0.15, 0.2) is 42.5 Å². The molecule has 2 aromatic rings. The normalized spacial score (nSPS) is 18.0. The van der Waals surface area contributed by atoms with Crippen molar-refractivity contribution < 1.29 is 24.2 Å². The Morgan fingerprint density at radius 3 is 2.49 bits per heavy atom. The van der Waals surface area contributed by atoms with Crippen molar-refractivity contribution >= 4 is 28.5 Å². The number of aliphatic hydroxyl groups is 1. The first-order valence-corrected chi connectivity index (χ1v) is 13.8. The number of rotatable bonds is 12. The average molecular weight is 541 g/mol. The summed E-state index contributed by atoms with van der Waals surface area (Å²) in [6.45, 7) is 8.88. The lowest BCUT2D eigenvalue weighted by molar-refractivity contribution is -0.145. The van der Waals surface area contributed by atoms with Crippen molar-refractivity contribution in [1.82, 2.24) is 20.9 Å². The number of hydrogen-bond acceptors (Lipinski definition) is 6. The molecule has 214 valence electrons.